The van der Waals surface area contributed by atoms with Gasteiger partial charge < -0.3 is 9.73 Å². The molecule has 6 nitrogen and oxygen atoms in total. The number of benzene rings is 1. The molecule has 1 fully saturated rings. The van der Waals surface area contributed by atoms with Gasteiger partial charge in [0.2, 0.25) is 11.8 Å². The molecule has 2 aromatic rings. The lowest BCUT2D eigenvalue weighted by molar-refractivity contribution is -0.115. The zero-order valence-electron chi connectivity index (χ0n) is 11.3. The molecule has 0 saturated carbocycles. The first-order chi connectivity index (χ1) is 10.2. The first-order valence-electron chi connectivity index (χ1n) is 6.82. The molecule has 7 heteroatoms. The van der Waals surface area contributed by atoms with Crippen LogP contribution in [0.3, 0.4) is 0 Å². The van der Waals surface area contributed by atoms with E-state index in [0.29, 0.717) is 11.5 Å². The van der Waals surface area contributed by atoms with Crippen molar-refractivity contribution in [2.45, 2.75) is 25.3 Å². The summed E-state index contributed by atoms with van der Waals surface area (Å²) in [5.74, 6) is -0.212. The zero-order valence-corrected chi connectivity index (χ0v) is 11.3. The highest BCUT2D eigenvalue weighted by atomic mass is 19.1. The lowest BCUT2D eigenvalue weighted by Gasteiger charge is -2.03. The average molecular weight is 290 g/mol. The minimum atomic E-state index is -0.368. The number of amides is 1. The third-order valence-corrected chi connectivity index (χ3v) is 3.30. The molecule has 0 aliphatic carbocycles. The molecule has 0 radical (unpaired) electrons. The predicted octanol–water partition coefficient (Wildman–Crippen LogP) is 1.81. The second-order valence-electron chi connectivity index (χ2n) is 4.95. The molecule has 1 aliphatic rings. The zero-order chi connectivity index (χ0) is 14.7. The van der Waals surface area contributed by atoms with Crippen molar-refractivity contribution in [1.29, 1.82) is 0 Å². The summed E-state index contributed by atoms with van der Waals surface area (Å²) in [5.41, 5.74) is 0.588. The van der Waals surface area contributed by atoms with Gasteiger partial charge in [-0.2, -0.15) is 0 Å². The molecule has 1 aliphatic heterocycles. The van der Waals surface area contributed by atoms with Crippen LogP contribution in [0.2, 0.25) is 0 Å². The second kappa shape index (κ2) is 6.01. The van der Waals surface area contributed by atoms with Crippen molar-refractivity contribution >= 4 is 11.9 Å². The lowest BCUT2D eigenvalue weighted by Crippen LogP contribution is -2.15. The third-order valence-electron chi connectivity index (χ3n) is 3.30. The van der Waals surface area contributed by atoms with E-state index in [0.717, 1.165) is 19.4 Å². The van der Waals surface area contributed by atoms with Crippen LogP contribution >= 0.6 is 0 Å². The normalized spacial score (nSPS) is 17.9. The van der Waals surface area contributed by atoms with Gasteiger partial charge in [-0.25, -0.2) is 4.39 Å². The predicted molar refractivity (Wildman–Crippen MR) is 73.0 cm³/mol. The summed E-state index contributed by atoms with van der Waals surface area (Å²) in [6.07, 6.45) is 2.06. The molecule has 1 aromatic heterocycles. The molecule has 0 bridgehead atoms. The van der Waals surface area contributed by atoms with Crippen molar-refractivity contribution in [2.75, 3.05) is 11.9 Å². The number of nitrogens with zero attached hydrogens (tertiary/aromatic N) is 2. The number of hydrogen-bond acceptors (Lipinski definition) is 5. The molecule has 1 saturated heterocycles. The Morgan fingerprint density at radius 2 is 2.38 bits per heavy atom. The smallest absolute Gasteiger partial charge is 0.322 e. The number of carbonyl (C=O) groups excluding carboxylic acids is 1. The first kappa shape index (κ1) is 13.7. The summed E-state index contributed by atoms with van der Waals surface area (Å²) in [4.78, 5) is 11.8. The number of nitrogens with one attached hydrogen (secondary N) is 2. The van der Waals surface area contributed by atoms with Crippen molar-refractivity contribution in [1.82, 2.24) is 15.5 Å². The molecule has 21 heavy (non-hydrogen) atoms. The minimum absolute atomic E-state index is 0.0527. The highest BCUT2D eigenvalue weighted by Gasteiger charge is 2.22. The summed E-state index contributed by atoms with van der Waals surface area (Å²) >= 11 is 0. The van der Waals surface area contributed by atoms with E-state index in [-0.39, 0.29) is 30.2 Å². The SMILES string of the molecule is O=C(Cc1cccc(F)c1)Nc1nnc(C2CCCN2)o1. The van der Waals surface area contributed by atoms with Gasteiger partial charge in [0, 0.05) is 0 Å². The fourth-order valence-electron chi connectivity index (χ4n) is 2.32. The van der Waals surface area contributed by atoms with Gasteiger partial charge in [-0.3, -0.25) is 10.1 Å². The van der Waals surface area contributed by atoms with Gasteiger partial charge in [-0.15, -0.1) is 5.10 Å². The van der Waals surface area contributed by atoms with Gasteiger partial charge in [0.05, 0.1) is 12.5 Å². The van der Waals surface area contributed by atoms with Crippen LogP contribution < -0.4 is 10.6 Å². The van der Waals surface area contributed by atoms with Crippen molar-refractivity contribution in [3.8, 4) is 0 Å². The maximum Gasteiger partial charge on any atom is 0.322 e. The summed E-state index contributed by atoms with van der Waals surface area (Å²) < 4.78 is 18.4. The third kappa shape index (κ3) is 3.43. The molecule has 1 unspecified atom stereocenters. The summed E-state index contributed by atoms with van der Waals surface area (Å²) in [5, 5.41) is 13.5. The molecule has 2 N–H and O–H groups in total. The van der Waals surface area contributed by atoms with Crippen molar-refractivity contribution in [3.05, 3.63) is 41.5 Å². The Hall–Kier alpha value is -2.28. The van der Waals surface area contributed by atoms with Crippen molar-refractivity contribution < 1.29 is 13.6 Å². The number of carbonyl (C=O) groups is 1. The molecule has 1 aromatic carbocycles. The minimum Gasteiger partial charge on any atom is -0.406 e. The van der Waals surface area contributed by atoms with Crippen LogP contribution in [0.25, 0.3) is 0 Å². The maximum absolute atomic E-state index is 13.0. The number of anilines is 1. The van der Waals surface area contributed by atoms with Gasteiger partial charge in [0.25, 0.3) is 0 Å². The fourth-order valence-corrected chi connectivity index (χ4v) is 2.32. The average Bonchev–Trinajstić information content (AvgIpc) is 3.08. The van der Waals surface area contributed by atoms with Crippen LogP contribution in [-0.2, 0) is 11.2 Å². The summed E-state index contributed by atoms with van der Waals surface area (Å²) in [6.45, 7) is 0.925. The van der Waals surface area contributed by atoms with E-state index in [1.807, 2.05) is 0 Å². The number of hydrogen-bond donors (Lipinski definition) is 2. The maximum atomic E-state index is 13.0. The van der Waals surface area contributed by atoms with Crippen LogP contribution in [0.15, 0.2) is 28.7 Å². The highest BCUT2D eigenvalue weighted by Crippen LogP contribution is 2.22. The highest BCUT2D eigenvalue weighted by molar-refractivity contribution is 5.90. The van der Waals surface area contributed by atoms with Gasteiger partial charge >= 0.3 is 6.01 Å². The molecule has 1 atom stereocenters. The molecule has 1 amide bonds. The Labute approximate surface area is 120 Å². The monoisotopic (exact) mass is 290 g/mol. The molecular weight excluding hydrogens is 275 g/mol. The quantitative estimate of drug-likeness (QED) is 0.897. The number of rotatable bonds is 4. The van der Waals surface area contributed by atoms with Crippen molar-refractivity contribution in [2.24, 2.45) is 0 Å². The summed E-state index contributed by atoms with van der Waals surface area (Å²) in [7, 11) is 0. The van der Waals surface area contributed by atoms with Crippen LogP contribution in [0.5, 0.6) is 0 Å². The van der Waals surface area contributed by atoms with E-state index < -0.39 is 0 Å². The molecule has 2 heterocycles. The van der Waals surface area contributed by atoms with Gasteiger partial charge in [0.15, 0.2) is 0 Å². The van der Waals surface area contributed by atoms with E-state index in [9.17, 15) is 9.18 Å². The van der Waals surface area contributed by atoms with Crippen molar-refractivity contribution in [3.63, 3.8) is 0 Å². The Bertz CT molecular complexity index is 637. The van der Waals surface area contributed by atoms with Gasteiger partial charge in [0.1, 0.15) is 5.82 Å². The molecule has 3 rings (SSSR count). The Morgan fingerprint density at radius 3 is 3.14 bits per heavy atom. The van der Waals surface area contributed by atoms with Gasteiger partial charge in [-0.1, -0.05) is 17.2 Å². The topological polar surface area (TPSA) is 80.0 Å². The Balaban J connectivity index is 1.59. The standard InChI is InChI=1S/C14H15FN4O2/c15-10-4-1-3-9(7-10)8-12(20)17-14-19-18-13(21-14)11-5-2-6-16-11/h1,3-4,7,11,16H,2,5-6,8H2,(H,17,19,20). The molecular formula is C14H15FN4O2. The van der Waals surface area contributed by atoms with Crippen LogP contribution in [0.4, 0.5) is 10.4 Å². The van der Waals surface area contributed by atoms with Gasteiger partial charge in [-0.05, 0) is 37.1 Å². The van der Waals surface area contributed by atoms with Crippen LogP contribution in [0, 0.1) is 5.82 Å². The fraction of sp³-hybridized carbons (Fsp3) is 0.357. The number of aromatic nitrogens is 2. The summed E-state index contributed by atoms with van der Waals surface area (Å²) in [6, 6.07) is 6.03. The molecule has 110 valence electrons. The molecule has 0 spiro atoms. The van der Waals surface area contributed by atoms with E-state index in [2.05, 4.69) is 20.8 Å². The first-order valence-corrected chi connectivity index (χ1v) is 6.82. The van der Waals surface area contributed by atoms with E-state index in [1.165, 1.54) is 12.1 Å². The Kier molecular flexibility index (Phi) is 3.92. The van der Waals surface area contributed by atoms with E-state index in [4.69, 9.17) is 4.42 Å². The number of halogens is 1. The largest absolute Gasteiger partial charge is 0.406 e. The Morgan fingerprint density at radius 1 is 1.48 bits per heavy atom. The lowest BCUT2D eigenvalue weighted by atomic mass is 10.1. The van der Waals surface area contributed by atoms with E-state index >= 15 is 0 Å². The van der Waals surface area contributed by atoms with Crippen LogP contribution in [-0.4, -0.2) is 22.6 Å². The van der Waals surface area contributed by atoms with Crippen LogP contribution in [0.1, 0.15) is 30.3 Å². The van der Waals surface area contributed by atoms with E-state index in [1.54, 1.807) is 12.1 Å². The second-order valence-corrected chi connectivity index (χ2v) is 4.95.